The van der Waals surface area contributed by atoms with Crippen LogP contribution in [0.3, 0.4) is 0 Å². The molecule has 9 heterocycles. The second-order valence-electron chi connectivity index (χ2n) is 20.8. The molecule has 12 rings (SSSR count). The van der Waals surface area contributed by atoms with E-state index in [-0.39, 0.29) is 35.1 Å². The number of furan rings is 2. The fraction of sp³-hybridized carbons (Fsp3) is 0.136. The van der Waals surface area contributed by atoms with Crippen molar-refractivity contribution >= 4 is 149 Å². The third-order valence-corrected chi connectivity index (χ3v) is 17.6. The number of carbonyl (C=O) groups is 6. The Labute approximate surface area is 564 Å². The van der Waals surface area contributed by atoms with Crippen LogP contribution >= 0.6 is 45.3 Å². The number of azo groups is 3. The highest BCUT2D eigenvalue weighted by Gasteiger charge is 2.20. The molecule has 0 fully saturated rings. The van der Waals surface area contributed by atoms with Crippen molar-refractivity contribution in [1.29, 1.82) is 0 Å². The summed E-state index contributed by atoms with van der Waals surface area (Å²) in [5.74, 6) is -1.53. The number of benzene rings is 3. The van der Waals surface area contributed by atoms with Crippen LogP contribution < -0.4 is 31.9 Å². The Morgan fingerprint density at radius 3 is 0.896 bits per heavy atom. The molecule has 3 aromatic carbocycles. The van der Waals surface area contributed by atoms with Crippen molar-refractivity contribution in [2.24, 2.45) is 51.8 Å². The lowest BCUT2D eigenvalue weighted by molar-refractivity contribution is 0.0990. The minimum absolute atomic E-state index is 0.136. The predicted octanol–water partition coefficient (Wildman–Crippen LogP) is 17.3. The van der Waals surface area contributed by atoms with Gasteiger partial charge in [-0.15, -0.1) is 76.0 Å². The minimum Gasteiger partial charge on any atom is -0.459 e. The SMILES string of the molecule is Cc1nn(C)c(C)c1N=Nc1ccc(NC(=O)c2ccco2)cc1NC(=O)c1ccco1.Cc1nn(C)c(C)c1N=Nc1ccc(NC(=O)c2cccs2)cc1NC(=O)c1cccs1.Cc1nn(C)c(C)c1N=Nc1ccc(NC(=O)c2cccs2)cc1NC(=O)c1cccs1. The Balaban J connectivity index is 0.000000157. The number of hydrogen-bond donors (Lipinski definition) is 6. The van der Waals surface area contributed by atoms with Crippen LogP contribution in [0, 0.1) is 41.5 Å². The van der Waals surface area contributed by atoms with Crippen LogP contribution in [0.1, 0.15) is 94.0 Å². The summed E-state index contributed by atoms with van der Waals surface area (Å²) in [6.45, 7) is 11.3. The van der Waals surface area contributed by atoms with Crippen molar-refractivity contribution < 1.29 is 37.6 Å². The van der Waals surface area contributed by atoms with Gasteiger partial charge in [-0.2, -0.15) is 15.3 Å². The van der Waals surface area contributed by atoms with E-state index < -0.39 is 11.8 Å². The molecule has 0 saturated carbocycles. The lowest BCUT2D eigenvalue weighted by atomic mass is 10.2. The molecule has 0 aliphatic carbocycles. The highest BCUT2D eigenvalue weighted by atomic mass is 32.1. The van der Waals surface area contributed by atoms with Gasteiger partial charge in [0.2, 0.25) is 0 Å². The van der Waals surface area contributed by atoms with Crippen LogP contribution in [0.15, 0.2) is 201 Å². The number of anilines is 6. The summed E-state index contributed by atoms with van der Waals surface area (Å²) in [7, 11) is 5.52. The first-order chi connectivity index (χ1) is 46.3. The maximum absolute atomic E-state index is 12.7. The summed E-state index contributed by atoms with van der Waals surface area (Å²) in [6.07, 6.45) is 2.82. The molecule has 0 aliphatic rings. The van der Waals surface area contributed by atoms with Crippen LogP contribution in [0.5, 0.6) is 0 Å². The molecule has 0 saturated heterocycles. The van der Waals surface area contributed by atoms with Crippen LogP contribution in [-0.2, 0) is 21.1 Å². The van der Waals surface area contributed by atoms with E-state index in [0.29, 0.717) is 87.8 Å². The number of thiophene rings is 4. The summed E-state index contributed by atoms with van der Waals surface area (Å²) in [4.78, 5) is 77.4. The largest absolute Gasteiger partial charge is 0.459 e. The maximum atomic E-state index is 12.7. The Morgan fingerprint density at radius 1 is 0.354 bits per heavy atom. The molecular formula is C66H60N18O8S4. The third-order valence-electron chi connectivity index (χ3n) is 14.2. The van der Waals surface area contributed by atoms with E-state index in [1.54, 1.807) is 117 Å². The smallest absolute Gasteiger partial charge is 0.291 e. The summed E-state index contributed by atoms with van der Waals surface area (Å²) in [5, 5.41) is 63.4. The van der Waals surface area contributed by atoms with Crippen LogP contribution in [-0.4, -0.2) is 64.8 Å². The molecule has 6 amide bonds. The highest BCUT2D eigenvalue weighted by Crippen LogP contribution is 2.36. The molecule has 9 aromatic heterocycles. The molecule has 0 radical (unpaired) electrons. The number of nitrogens with zero attached hydrogens (tertiary/aromatic N) is 12. The molecule has 6 N–H and O–H groups in total. The van der Waals surface area contributed by atoms with Gasteiger partial charge in [-0.05, 0) is 166 Å². The second-order valence-corrected chi connectivity index (χ2v) is 24.6. The van der Waals surface area contributed by atoms with Crippen molar-refractivity contribution in [2.75, 3.05) is 31.9 Å². The van der Waals surface area contributed by atoms with Gasteiger partial charge in [-0.25, -0.2) is 0 Å². The summed E-state index contributed by atoms with van der Waals surface area (Å²) in [6, 6.07) is 35.7. The Kier molecular flexibility index (Phi) is 21.6. The van der Waals surface area contributed by atoms with Crippen LogP contribution in [0.2, 0.25) is 0 Å². The number of nitrogens with one attached hydrogen (secondary N) is 6. The van der Waals surface area contributed by atoms with Gasteiger partial charge in [0.05, 0.1) is 83.3 Å². The van der Waals surface area contributed by atoms with E-state index in [4.69, 9.17) is 8.83 Å². The van der Waals surface area contributed by atoms with E-state index in [1.807, 2.05) is 108 Å². The zero-order valence-electron chi connectivity index (χ0n) is 52.9. The fourth-order valence-corrected chi connectivity index (χ4v) is 11.5. The molecule has 12 aromatic rings. The fourth-order valence-electron chi connectivity index (χ4n) is 9.01. The van der Waals surface area contributed by atoms with E-state index in [0.717, 1.165) is 34.2 Å². The molecular weight excluding hydrogens is 1300 g/mol. The van der Waals surface area contributed by atoms with Gasteiger partial charge in [0.1, 0.15) is 34.1 Å². The Morgan fingerprint density at radius 2 is 0.635 bits per heavy atom. The first kappa shape index (κ1) is 67.2. The van der Waals surface area contributed by atoms with Gasteiger partial charge >= 0.3 is 0 Å². The van der Waals surface area contributed by atoms with Gasteiger partial charge in [0, 0.05) is 38.2 Å². The van der Waals surface area contributed by atoms with Crippen LogP contribution in [0.4, 0.5) is 68.2 Å². The second kappa shape index (κ2) is 30.8. The van der Waals surface area contributed by atoms with E-state index in [9.17, 15) is 28.8 Å². The monoisotopic (exact) mass is 1360 g/mol. The van der Waals surface area contributed by atoms with Gasteiger partial charge < -0.3 is 40.7 Å². The summed E-state index contributed by atoms with van der Waals surface area (Å²) < 4.78 is 15.5. The molecule has 0 bridgehead atoms. The van der Waals surface area contributed by atoms with Gasteiger partial charge in [0.25, 0.3) is 35.4 Å². The molecule has 0 unspecified atom stereocenters. The number of rotatable bonds is 18. The zero-order valence-corrected chi connectivity index (χ0v) is 56.1. The highest BCUT2D eigenvalue weighted by molar-refractivity contribution is 7.13. The first-order valence-corrected chi connectivity index (χ1v) is 32.6. The van der Waals surface area contributed by atoms with Crippen molar-refractivity contribution in [3.05, 3.63) is 227 Å². The lowest BCUT2D eigenvalue weighted by Gasteiger charge is -2.10. The third kappa shape index (κ3) is 16.7. The molecule has 486 valence electrons. The van der Waals surface area contributed by atoms with Crippen molar-refractivity contribution in [3.63, 3.8) is 0 Å². The van der Waals surface area contributed by atoms with Crippen molar-refractivity contribution in [2.45, 2.75) is 41.5 Å². The normalized spacial score (nSPS) is 11.1. The lowest BCUT2D eigenvalue weighted by Crippen LogP contribution is -2.13. The van der Waals surface area contributed by atoms with Crippen molar-refractivity contribution in [3.8, 4) is 0 Å². The number of aromatic nitrogens is 6. The van der Waals surface area contributed by atoms with Crippen LogP contribution in [0.25, 0.3) is 0 Å². The standard InChI is InChI=1S/C22H20N6O4.2C22H20N6O2S2/c3*1-13-20(14(2)28(3)27-13)26-25-16-9-8-15(23-21(29)18-6-4-10-31-18)12-17(16)24-22(30)19-7-5-11-32-19/h3*4-12H,1-3H3,(H,23,29)(H,24,30). The Hall–Kier alpha value is -11.7. The molecule has 0 spiro atoms. The van der Waals surface area contributed by atoms with Gasteiger partial charge in [0.15, 0.2) is 11.5 Å². The molecule has 0 aliphatic heterocycles. The maximum Gasteiger partial charge on any atom is 0.291 e. The number of amides is 6. The topological polar surface area (TPSA) is 328 Å². The predicted molar refractivity (Wildman–Crippen MR) is 372 cm³/mol. The van der Waals surface area contributed by atoms with Gasteiger partial charge in [-0.1, -0.05) is 24.3 Å². The van der Waals surface area contributed by atoms with E-state index >= 15 is 0 Å². The number of aryl methyl sites for hydroxylation is 6. The average molecular weight is 1360 g/mol. The first-order valence-electron chi connectivity index (χ1n) is 29.0. The zero-order chi connectivity index (χ0) is 68.0. The van der Waals surface area contributed by atoms with E-state index in [2.05, 4.69) is 77.9 Å². The summed E-state index contributed by atoms with van der Waals surface area (Å²) >= 11 is 5.39. The van der Waals surface area contributed by atoms with E-state index in [1.165, 1.54) is 57.9 Å². The molecule has 26 nitrogen and oxygen atoms in total. The van der Waals surface area contributed by atoms with Gasteiger partial charge in [-0.3, -0.25) is 42.8 Å². The average Bonchev–Trinajstić information content (AvgIpc) is 1.31. The molecule has 30 heteroatoms. The van der Waals surface area contributed by atoms with Crippen molar-refractivity contribution in [1.82, 2.24) is 29.3 Å². The molecule has 0 atom stereocenters. The molecule has 96 heavy (non-hydrogen) atoms. The number of hydrogen-bond acceptors (Lipinski definition) is 21. The number of carbonyl (C=O) groups excluding carboxylic acids is 6. The quantitative estimate of drug-likeness (QED) is 0.0439. The Bertz CT molecular complexity index is 4350. The summed E-state index contributed by atoms with van der Waals surface area (Å²) in [5.41, 5.74) is 10.9. The minimum atomic E-state index is -0.463.